The van der Waals surface area contributed by atoms with Gasteiger partial charge in [0, 0.05) is 31.4 Å². The minimum Gasteiger partial charge on any atom is -0.349 e. The quantitative estimate of drug-likeness (QED) is 0.639. The van der Waals surface area contributed by atoms with E-state index in [1.807, 2.05) is 25.2 Å². The number of carbonyl (C=O) groups is 1. The number of hydrogen-bond donors (Lipinski definition) is 1. The number of para-hydroxylation sites is 2. The van der Waals surface area contributed by atoms with Crippen LogP contribution < -0.4 is 5.32 Å². The Hall–Kier alpha value is -2.21. The Morgan fingerprint density at radius 1 is 1.19 bits per heavy atom. The summed E-state index contributed by atoms with van der Waals surface area (Å²) < 4.78 is 4.28. The van der Waals surface area contributed by atoms with Gasteiger partial charge in [0.2, 0.25) is 5.91 Å². The van der Waals surface area contributed by atoms with E-state index in [0.29, 0.717) is 13.0 Å². The summed E-state index contributed by atoms with van der Waals surface area (Å²) >= 11 is 1.79. The first-order valence-corrected chi connectivity index (χ1v) is 10.7. The van der Waals surface area contributed by atoms with E-state index >= 15 is 0 Å². The highest BCUT2D eigenvalue weighted by atomic mass is 32.2. The number of thioether (sulfide) groups is 1. The van der Waals surface area contributed by atoms with Crippen molar-refractivity contribution in [1.82, 2.24) is 19.4 Å². The summed E-state index contributed by atoms with van der Waals surface area (Å²) in [4.78, 5) is 17.5. The smallest absolute Gasteiger partial charge is 0.222 e. The molecule has 1 amide bonds. The topological polar surface area (TPSA) is 51.9 Å². The van der Waals surface area contributed by atoms with Gasteiger partial charge >= 0.3 is 0 Å². The van der Waals surface area contributed by atoms with Gasteiger partial charge in [-0.3, -0.25) is 4.79 Å². The number of fused-ring (bicyclic) bond motifs is 1. The number of rotatable bonds is 8. The van der Waals surface area contributed by atoms with E-state index in [1.165, 1.54) is 11.4 Å². The third kappa shape index (κ3) is 4.38. The molecule has 1 atom stereocenters. The van der Waals surface area contributed by atoms with Crippen LogP contribution >= 0.6 is 11.8 Å². The van der Waals surface area contributed by atoms with Gasteiger partial charge in [-0.05, 0) is 56.5 Å². The number of nitrogens with one attached hydrogen (secondary N) is 1. The minimum absolute atomic E-state index is 0.0701. The molecule has 5 nitrogen and oxygen atoms in total. The van der Waals surface area contributed by atoms with Gasteiger partial charge in [0.1, 0.15) is 5.82 Å². The molecule has 0 saturated carbocycles. The van der Waals surface area contributed by atoms with Crippen molar-refractivity contribution < 1.29 is 4.79 Å². The maximum Gasteiger partial charge on any atom is 0.222 e. The molecule has 0 fully saturated rings. The molecule has 1 aromatic carbocycles. The van der Waals surface area contributed by atoms with Crippen LogP contribution in [0, 0.1) is 13.8 Å². The summed E-state index contributed by atoms with van der Waals surface area (Å²) in [6, 6.07) is 12.2. The average Bonchev–Trinajstić information content (AvgIpc) is 3.17. The number of aromatic nitrogens is 3. The maximum absolute atomic E-state index is 12.7. The third-order valence-electron chi connectivity index (χ3n) is 5.06. The van der Waals surface area contributed by atoms with Crippen LogP contribution in [0.15, 0.2) is 36.4 Å². The molecule has 0 aliphatic carbocycles. The van der Waals surface area contributed by atoms with Crippen molar-refractivity contribution in [2.24, 2.45) is 7.05 Å². The van der Waals surface area contributed by atoms with Crippen molar-refractivity contribution in [3.05, 3.63) is 53.6 Å². The van der Waals surface area contributed by atoms with Gasteiger partial charge < -0.3 is 14.5 Å². The molecule has 3 aromatic rings. The number of hydrogen-bond acceptors (Lipinski definition) is 3. The molecule has 2 heterocycles. The Kier molecular flexibility index (Phi) is 6.26. The van der Waals surface area contributed by atoms with Crippen LogP contribution in [0.5, 0.6) is 0 Å². The predicted molar refractivity (Wildman–Crippen MR) is 113 cm³/mol. The Labute approximate surface area is 165 Å². The fourth-order valence-electron chi connectivity index (χ4n) is 3.51. The molecule has 6 heteroatoms. The zero-order valence-electron chi connectivity index (χ0n) is 16.5. The van der Waals surface area contributed by atoms with Gasteiger partial charge in [0.25, 0.3) is 0 Å². The van der Waals surface area contributed by atoms with E-state index in [4.69, 9.17) is 4.98 Å². The van der Waals surface area contributed by atoms with Crippen LogP contribution in [0.3, 0.4) is 0 Å². The van der Waals surface area contributed by atoms with E-state index < -0.39 is 0 Å². The lowest BCUT2D eigenvalue weighted by molar-refractivity contribution is -0.122. The summed E-state index contributed by atoms with van der Waals surface area (Å²) in [5.41, 5.74) is 4.44. The number of imidazole rings is 1. The minimum atomic E-state index is -0.0748. The second-order valence-corrected chi connectivity index (χ2v) is 7.92. The predicted octanol–water partition coefficient (Wildman–Crippen LogP) is 3.99. The molecule has 1 N–H and O–H groups in total. The second kappa shape index (κ2) is 8.65. The van der Waals surface area contributed by atoms with Crippen LogP contribution in [0.2, 0.25) is 0 Å². The first kappa shape index (κ1) is 19.5. The third-order valence-corrected chi connectivity index (χ3v) is 5.70. The first-order valence-electron chi connectivity index (χ1n) is 9.33. The van der Waals surface area contributed by atoms with E-state index in [9.17, 15) is 4.79 Å². The van der Waals surface area contributed by atoms with Crippen molar-refractivity contribution >= 4 is 28.7 Å². The van der Waals surface area contributed by atoms with E-state index in [-0.39, 0.29) is 11.9 Å². The fraction of sp³-hybridized carbons (Fsp3) is 0.429. The van der Waals surface area contributed by atoms with Crippen molar-refractivity contribution in [3.8, 4) is 0 Å². The van der Waals surface area contributed by atoms with Crippen LogP contribution in [0.25, 0.3) is 11.0 Å². The Morgan fingerprint density at radius 2 is 1.89 bits per heavy atom. The molecule has 0 aliphatic heterocycles. The molecule has 0 bridgehead atoms. The molecule has 3 rings (SSSR count). The summed E-state index contributed by atoms with van der Waals surface area (Å²) in [5.74, 6) is 1.97. The lowest BCUT2D eigenvalue weighted by Gasteiger charge is -2.19. The Balaban J connectivity index is 1.74. The lowest BCUT2D eigenvalue weighted by atomic mass is 10.2. The Morgan fingerprint density at radius 3 is 2.56 bits per heavy atom. The number of amides is 1. The summed E-state index contributed by atoms with van der Waals surface area (Å²) in [5, 5.41) is 3.22. The van der Waals surface area contributed by atoms with Gasteiger partial charge in [0.15, 0.2) is 0 Å². The monoisotopic (exact) mass is 384 g/mol. The van der Waals surface area contributed by atoms with Gasteiger partial charge in [0.05, 0.1) is 17.1 Å². The molecule has 144 valence electrons. The molecular formula is C21H28N4OS. The first-order chi connectivity index (χ1) is 13.0. The molecule has 0 saturated heterocycles. The largest absolute Gasteiger partial charge is 0.349 e. The lowest BCUT2D eigenvalue weighted by Crippen LogP contribution is -2.31. The zero-order chi connectivity index (χ0) is 19.4. The fourth-order valence-corrected chi connectivity index (χ4v) is 3.98. The summed E-state index contributed by atoms with van der Waals surface area (Å²) in [6.07, 6.45) is 3.42. The highest BCUT2D eigenvalue weighted by Gasteiger charge is 2.20. The van der Waals surface area contributed by atoms with E-state index in [1.54, 1.807) is 11.8 Å². The van der Waals surface area contributed by atoms with Crippen LogP contribution in [0.4, 0.5) is 0 Å². The molecule has 27 heavy (non-hydrogen) atoms. The number of carbonyl (C=O) groups excluding carboxylic acids is 1. The normalized spacial score (nSPS) is 12.4. The molecule has 2 aromatic heterocycles. The number of nitrogens with zero attached hydrogens (tertiary/aromatic N) is 3. The Bertz CT molecular complexity index is 908. The van der Waals surface area contributed by atoms with Crippen molar-refractivity contribution in [2.45, 2.75) is 39.3 Å². The molecular weight excluding hydrogens is 356 g/mol. The van der Waals surface area contributed by atoms with E-state index in [2.05, 4.69) is 52.8 Å². The van der Waals surface area contributed by atoms with E-state index in [0.717, 1.165) is 29.0 Å². The van der Waals surface area contributed by atoms with Crippen LogP contribution in [-0.4, -0.2) is 32.0 Å². The van der Waals surface area contributed by atoms with Crippen LogP contribution in [0.1, 0.15) is 36.1 Å². The highest BCUT2D eigenvalue weighted by Crippen LogP contribution is 2.23. The SMILES string of the molecule is CSCC[C@@H](NC(=O)CCn1c(C)ccc1C)c1nc2ccccc2n1C. The van der Waals surface area contributed by atoms with Gasteiger partial charge in [-0.1, -0.05) is 12.1 Å². The average molecular weight is 385 g/mol. The number of benzene rings is 1. The molecule has 0 unspecified atom stereocenters. The van der Waals surface area contributed by atoms with Gasteiger partial charge in [-0.25, -0.2) is 4.98 Å². The van der Waals surface area contributed by atoms with Crippen LogP contribution in [-0.2, 0) is 18.4 Å². The van der Waals surface area contributed by atoms with Crippen molar-refractivity contribution in [3.63, 3.8) is 0 Å². The summed E-state index contributed by atoms with van der Waals surface area (Å²) in [6.45, 7) is 4.85. The molecule has 0 spiro atoms. The second-order valence-electron chi connectivity index (χ2n) is 6.94. The number of aryl methyl sites for hydroxylation is 3. The van der Waals surface area contributed by atoms with Crippen molar-refractivity contribution in [2.75, 3.05) is 12.0 Å². The summed E-state index contributed by atoms with van der Waals surface area (Å²) in [7, 11) is 2.02. The van der Waals surface area contributed by atoms with Gasteiger partial charge in [-0.2, -0.15) is 11.8 Å². The highest BCUT2D eigenvalue weighted by molar-refractivity contribution is 7.98. The van der Waals surface area contributed by atoms with Gasteiger partial charge in [-0.15, -0.1) is 0 Å². The standard InChI is InChI=1S/C21H28N4OS/c1-15-9-10-16(2)25(15)13-11-20(26)22-18(12-14-27-4)21-23-17-7-5-6-8-19(17)24(21)3/h5-10,18H,11-14H2,1-4H3,(H,22,26)/t18-/m1/s1. The maximum atomic E-state index is 12.7. The molecule has 0 aliphatic rings. The zero-order valence-corrected chi connectivity index (χ0v) is 17.3. The molecule has 0 radical (unpaired) electrons. The van der Waals surface area contributed by atoms with Crippen molar-refractivity contribution in [1.29, 1.82) is 0 Å².